The van der Waals surface area contributed by atoms with E-state index >= 15 is 0 Å². The summed E-state index contributed by atoms with van der Waals surface area (Å²) in [5.41, 5.74) is 0.482. The summed E-state index contributed by atoms with van der Waals surface area (Å²) in [4.78, 5) is 38.4. The average Bonchev–Trinajstić information content (AvgIpc) is 3.03. The van der Waals surface area contributed by atoms with Crippen LogP contribution in [0.15, 0.2) is 42.7 Å². The second kappa shape index (κ2) is 6.46. The molecule has 2 aromatic heterocycles. The molecule has 1 N–H and O–H groups in total. The minimum Gasteiger partial charge on any atom is -0.507 e. The molecule has 1 aliphatic heterocycles. The Labute approximate surface area is 179 Å². The Bertz CT molecular complexity index is 1580. The van der Waals surface area contributed by atoms with Crippen LogP contribution in [0.5, 0.6) is 11.5 Å². The fourth-order valence-electron chi connectivity index (χ4n) is 3.92. The van der Waals surface area contributed by atoms with Crippen molar-refractivity contribution in [2.45, 2.75) is 26.7 Å². The summed E-state index contributed by atoms with van der Waals surface area (Å²) in [6, 6.07) is 6.37. The molecule has 0 aliphatic carbocycles. The number of rotatable bonds is 1. The molecule has 3 heterocycles. The molecule has 0 saturated carbocycles. The highest BCUT2D eigenvalue weighted by Gasteiger charge is 2.43. The van der Waals surface area contributed by atoms with Gasteiger partial charge in [0.15, 0.2) is 5.75 Å². The Hall–Kier alpha value is -3.58. The summed E-state index contributed by atoms with van der Waals surface area (Å²) < 4.78 is 16.2. The van der Waals surface area contributed by atoms with E-state index < -0.39 is 34.5 Å². The lowest BCUT2D eigenvalue weighted by molar-refractivity contribution is -0.133. The van der Waals surface area contributed by atoms with Gasteiger partial charge >= 0.3 is 17.2 Å². The van der Waals surface area contributed by atoms with Crippen LogP contribution in [0.3, 0.4) is 0 Å². The minimum atomic E-state index is -1.49. The van der Waals surface area contributed by atoms with E-state index in [1.807, 2.05) is 13.8 Å². The van der Waals surface area contributed by atoms with Gasteiger partial charge in [0.1, 0.15) is 28.4 Å². The zero-order valence-corrected chi connectivity index (χ0v) is 17.4. The molecule has 0 radical (unpaired) electrons. The van der Waals surface area contributed by atoms with E-state index in [1.165, 1.54) is 12.1 Å². The summed E-state index contributed by atoms with van der Waals surface area (Å²) >= 11 is 6.15. The number of aryl methyl sites for hydroxylation is 3. The fourth-order valence-corrected chi connectivity index (χ4v) is 4.08. The van der Waals surface area contributed by atoms with Gasteiger partial charge in [-0.1, -0.05) is 11.6 Å². The van der Waals surface area contributed by atoms with Crippen molar-refractivity contribution in [1.29, 1.82) is 0 Å². The van der Waals surface area contributed by atoms with Crippen molar-refractivity contribution in [1.82, 2.24) is 0 Å². The van der Waals surface area contributed by atoms with Crippen molar-refractivity contribution in [2.24, 2.45) is 0 Å². The first kappa shape index (κ1) is 19.4. The van der Waals surface area contributed by atoms with Crippen LogP contribution in [-0.4, -0.2) is 11.1 Å². The van der Waals surface area contributed by atoms with Gasteiger partial charge in [-0.3, -0.25) is 4.79 Å². The van der Waals surface area contributed by atoms with E-state index in [0.717, 1.165) is 11.1 Å². The molecule has 0 spiro atoms. The predicted molar refractivity (Wildman–Crippen MR) is 113 cm³/mol. The molecule has 5 rings (SSSR count). The van der Waals surface area contributed by atoms with Gasteiger partial charge in [0.05, 0.1) is 16.3 Å². The van der Waals surface area contributed by atoms with Crippen molar-refractivity contribution in [2.75, 3.05) is 0 Å². The normalized spacial score (nSPS) is 15.5. The maximum Gasteiger partial charge on any atom is 0.344 e. The Morgan fingerprint density at radius 2 is 1.39 bits per heavy atom. The Morgan fingerprint density at radius 3 is 2.10 bits per heavy atom. The third-order valence-corrected chi connectivity index (χ3v) is 6.12. The van der Waals surface area contributed by atoms with Crippen molar-refractivity contribution >= 4 is 39.5 Å². The number of aromatic hydroxyl groups is 1. The fraction of sp³-hybridized carbons (Fsp3) is 0.174. The number of hydrogen-bond donors (Lipinski definition) is 1. The predicted octanol–water partition coefficient (Wildman–Crippen LogP) is 4.23. The first-order valence-corrected chi connectivity index (χ1v) is 9.80. The number of carbonyl (C=O) groups excluding carboxylic acids is 1. The van der Waals surface area contributed by atoms with E-state index in [4.69, 9.17) is 25.2 Å². The molecule has 7 nitrogen and oxygen atoms in total. The first-order valence-electron chi connectivity index (χ1n) is 9.43. The highest BCUT2D eigenvalue weighted by Crippen LogP contribution is 2.44. The molecule has 0 saturated heterocycles. The molecular formula is C23H15ClO7. The van der Waals surface area contributed by atoms with Gasteiger partial charge < -0.3 is 18.7 Å². The summed E-state index contributed by atoms with van der Waals surface area (Å²) in [7, 11) is 0. The van der Waals surface area contributed by atoms with Crippen molar-refractivity contribution in [3.05, 3.63) is 77.9 Å². The van der Waals surface area contributed by atoms with E-state index in [9.17, 15) is 19.5 Å². The molecule has 0 fully saturated rings. The smallest absolute Gasteiger partial charge is 0.344 e. The number of hydrogen-bond acceptors (Lipinski definition) is 7. The van der Waals surface area contributed by atoms with Crippen LogP contribution in [0, 0.1) is 20.8 Å². The van der Waals surface area contributed by atoms with Gasteiger partial charge in [0, 0.05) is 5.02 Å². The second-order valence-electron chi connectivity index (χ2n) is 7.67. The molecule has 8 heteroatoms. The Balaban J connectivity index is 1.84. The van der Waals surface area contributed by atoms with Gasteiger partial charge in [-0.25, -0.2) is 9.59 Å². The van der Waals surface area contributed by atoms with Crippen LogP contribution in [0.4, 0.5) is 0 Å². The quantitative estimate of drug-likeness (QED) is 0.350. The molecule has 156 valence electrons. The van der Waals surface area contributed by atoms with Crippen molar-refractivity contribution < 1.29 is 23.5 Å². The zero-order chi connectivity index (χ0) is 22.2. The molecule has 0 amide bonds. The van der Waals surface area contributed by atoms with E-state index in [-0.39, 0.29) is 27.9 Å². The summed E-state index contributed by atoms with van der Waals surface area (Å²) in [6.45, 7) is 5.45. The van der Waals surface area contributed by atoms with Gasteiger partial charge in [-0.05, 0) is 61.7 Å². The molecule has 0 bridgehead atoms. The van der Waals surface area contributed by atoms with Crippen LogP contribution in [0.1, 0.15) is 33.7 Å². The topological polar surface area (TPSA) is 107 Å². The summed E-state index contributed by atoms with van der Waals surface area (Å²) in [6.07, 6.45) is 0. The van der Waals surface area contributed by atoms with Crippen LogP contribution >= 0.6 is 11.6 Å². The largest absolute Gasteiger partial charge is 0.507 e. The SMILES string of the molecule is Cc1cc2oc(=O)c3c(c2cc1C)OC(=O)C3c1c(O)c2cc(Cl)c(C)cc2oc1=O. The molecule has 1 atom stereocenters. The Morgan fingerprint density at radius 1 is 0.806 bits per heavy atom. The first-order chi connectivity index (χ1) is 14.7. The van der Waals surface area contributed by atoms with Gasteiger partial charge in [-0.2, -0.15) is 0 Å². The lowest BCUT2D eigenvalue weighted by atomic mass is 9.92. The highest BCUT2D eigenvalue weighted by molar-refractivity contribution is 6.32. The molecule has 31 heavy (non-hydrogen) atoms. The molecule has 1 aliphatic rings. The maximum absolute atomic E-state index is 12.8. The monoisotopic (exact) mass is 438 g/mol. The molecular weight excluding hydrogens is 424 g/mol. The summed E-state index contributed by atoms with van der Waals surface area (Å²) in [5, 5.41) is 11.8. The lowest BCUT2D eigenvalue weighted by Crippen LogP contribution is -2.22. The molecule has 1 unspecified atom stereocenters. The van der Waals surface area contributed by atoms with Crippen LogP contribution in [-0.2, 0) is 4.79 Å². The highest BCUT2D eigenvalue weighted by atomic mass is 35.5. The minimum absolute atomic E-state index is 0.0187. The number of esters is 1. The van der Waals surface area contributed by atoms with E-state index in [2.05, 4.69) is 0 Å². The number of benzene rings is 2. The van der Waals surface area contributed by atoms with Gasteiger partial charge in [0.25, 0.3) is 0 Å². The average molecular weight is 439 g/mol. The number of ether oxygens (including phenoxy) is 1. The lowest BCUT2D eigenvalue weighted by Gasteiger charge is -2.11. The maximum atomic E-state index is 12.8. The Kier molecular flexibility index (Phi) is 4.04. The van der Waals surface area contributed by atoms with Crippen LogP contribution < -0.4 is 16.0 Å². The summed E-state index contributed by atoms with van der Waals surface area (Å²) in [5.74, 6) is -2.85. The van der Waals surface area contributed by atoms with Gasteiger partial charge in [-0.15, -0.1) is 0 Å². The number of halogens is 1. The van der Waals surface area contributed by atoms with E-state index in [1.54, 1.807) is 19.1 Å². The van der Waals surface area contributed by atoms with Gasteiger partial charge in [0.2, 0.25) is 0 Å². The standard InChI is InChI=1S/C23H15ClO7/c1-8-4-12-15(5-9(8)2)30-23(28)18-16(21(26)31-20(12)18)17-19(25)11-7-13(24)10(3)6-14(11)29-22(17)27/h4-7,16,25H,1-3H3. The van der Waals surface area contributed by atoms with Crippen LogP contribution in [0.25, 0.3) is 21.9 Å². The van der Waals surface area contributed by atoms with Crippen molar-refractivity contribution in [3.8, 4) is 11.5 Å². The number of carbonyl (C=O) groups is 1. The van der Waals surface area contributed by atoms with Crippen molar-refractivity contribution in [3.63, 3.8) is 0 Å². The zero-order valence-electron chi connectivity index (χ0n) is 16.7. The molecule has 2 aromatic carbocycles. The van der Waals surface area contributed by atoms with E-state index in [0.29, 0.717) is 16.0 Å². The number of fused-ring (bicyclic) bond motifs is 4. The third-order valence-electron chi connectivity index (χ3n) is 5.72. The molecule has 4 aromatic rings. The van der Waals surface area contributed by atoms with Crippen LogP contribution in [0.2, 0.25) is 5.02 Å². The third kappa shape index (κ3) is 2.70. The second-order valence-corrected chi connectivity index (χ2v) is 8.08.